The van der Waals surface area contributed by atoms with Crippen molar-refractivity contribution in [2.75, 3.05) is 0 Å². The maximum atomic E-state index is 9.75. The summed E-state index contributed by atoms with van der Waals surface area (Å²) in [4.78, 5) is 9.75. The first kappa shape index (κ1) is 13.0. The number of carbonyl (C=O) groups is 1. The van der Waals surface area contributed by atoms with Crippen LogP contribution in [0.4, 0.5) is 0 Å². The molecule has 0 heterocycles. The van der Waals surface area contributed by atoms with Crippen LogP contribution in [0.1, 0.15) is 12.5 Å². The highest BCUT2D eigenvalue weighted by Crippen LogP contribution is 2.15. The van der Waals surface area contributed by atoms with E-state index in [-0.39, 0.29) is 11.7 Å². The Kier molecular flexibility index (Phi) is 6.38. The van der Waals surface area contributed by atoms with E-state index >= 15 is 0 Å². The van der Waals surface area contributed by atoms with E-state index in [1.807, 2.05) is 12.1 Å². The van der Waals surface area contributed by atoms with Gasteiger partial charge in [0.2, 0.25) is 0 Å². The van der Waals surface area contributed by atoms with Crippen LogP contribution in [0, 0.1) is 0 Å². The van der Waals surface area contributed by atoms with Gasteiger partial charge in [0.05, 0.1) is 6.26 Å². The van der Waals surface area contributed by atoms with Crippen LogP contribution in [-0.4, -0.2) is 11.1 Å². The van der Waals surface area contributed by atoms with Crippen molar-refractivity contribution in [2.45, 2.75) is 6.92 Å². The second-order valence-corrected chi connectivity index (χ2v) is 2.54. The lowest BCUT2D eigenvalue weighted by Gasteiger charge is -1.93. The van der Waals surface area contributed by atoms with Crippen molar-refractivity contribution in [2.24, 2.45) is 0 Å². The summed E-state index contributed by atoms with van der Waals surface area (Å²) < 4.78 is 4.17. The van der Waals surface area contributed by atoms with Crippen molar-refractivity contribution in [1.82, 2.24) is 0 Å². The monoisotopic (exact) mass is 206 g/mol. The number of ether oxygens (including phenoxy) is 1. The molecule has 0 aliphatic rings. The predicted molar refractivity (Wildman–Crippen MR) is 60.2 cm³/mol. The normalized spacial score (nSPS) is 8.07. The Hall–Kier alpha value is -2.03. The molecule has 0 saturated carbocycles. The molecule has 0 radical (unpaired) electrons. The molecule has 3 heteroatoms. The van der Waals surface area contributed by atoms with Crippen molar-refractivity contribution < 1.29 is 14.6 Å². The van der Waals surface area contributed by atoms with Gasteiger partial charge in [-0.3, -0.25) is 4.79 Å². The number of benzene rings is 1. The lowest BCUT2D eigenvalue weighted by Crippen LogP contribution is -1.87. The minimum absolute atomic E-state index is 0.285. The number of aromatic hydroxyl groups is 1. The summed E-state index contributed by atoms with van der Waals surface area (Å²) in [5, 5.41) is 9.04. The second kappa shape index (κ2) is 7.38. The van der Waals surface area contributed by atoms with E-state index < -0.39 is 0 Å². The third kappa shape index (κ3) is 6.10. The molecule has 1 rings (SSSR count). The molecular formula is C12H14O3. The maximum absolute atomic E-state index is 9.75. The van der Waals surface area contributed by atoms with Crippen molar-refractivity contribution in [3.63, 3.8) is 0 Å². The Morgan fingerprint density at radius 1 is 1.40 bits per heavy atom. The summed E-state index contributed by atoms with van der Waals surface area (Å²) in [5.41, 5.74) is 0.775. The van der Waals surface area contributed by atoms with Crippen LogP contribution in [0.3, 0.4) is 0 Å². The van der Waals surface area contributed by atoms with Gasteiger partial charge in [0.25, 0.3) is 0 Å². The Bertz CT molecular complexity index is 342. The van der Waals surface area contributed by atoms with Crippen LogP contribution >= 0.6 is 0 Å². The Balaban J connectivity index is 0.000000288. The van der Waals surface area contributed by atoms with E-state index in [4.69, 9.17) is 5.11 Å². The first-order valence-electron chi connectivity index (χ1n) is 4.30. The number of phenols is 1. The fraction of sp³-hybridized carbons (Fsp3) is 0.0833. The predicted octanol–water partition coefficient (Wildman–Crippen LogP) is 2.73. The standard InChI is InChI=1S/C8H8O.C4H6O2/c1-2-7-5-3-4-6-8(7)9;1-3-6-4(2)5/h2-6,9H,1H2;3H,1H2,2H3. The van der Waals surface area contributed by atoms with Crippen molar-refractivity contribution >= 4 is 12.0 Å². The summed E-state index contributed by atoms with van der Waals surface area (Å²) in [7, 11) is 0. The summed E-state index contributed by atoms with van der Waals surface area (Å²) >= 11 is 0. The highest BCUT2D eigenvalue weighted by atomic mass is 16.5. The number of para-hydroxylation sites is 1. The smallest absolute Gasteiger partial charge is 0.307 e. The molecule has 0 saturated heterocycles. The SMILES string of the molecule is C=COC(C)=O.C=Cc1ccccc1O. The highest BCUT2D eigenvalue weighted by molar-refractivity contribution is 5.66. The van der Waals surface area contributed by atoms with E-state index in [1.165, 1.54) is 6.92 Å². The van der Waals surface area contributed by atoms with E-state index in [9.17, 15) is 4.79 Å². The Morgan fingerprint density at radius 2 is 2.00 bits per heavy atom. The van der Waals surface area contributed by atoms with Gasteiger partial charge in [-0.1, -0.05) is 37.4 Å². The first-order chi connectivity index (χ1) is 7.11. The molecule has 15 heavy (non-hydrogen) atoms. The zero-order chi connectivity index (χ0) is 11.7. The average Bonchev–Trinajstić information content (AvgIpc) is 2.19. The quantitative estimate of drug-likeness (QED) is 0.597. The molecule has 0 spiro atoms. The molecule has 3 nitrogen and oxygen atoms in total. The molecule has 0 unspecified atom stereocenters. The van der Waals surface area contributed by atoms with E-state index in [0.29, 0.717) is 0 Å². The van der Waals surface area contributed by atoms with Gasteiger partial charge in [-0.15, -0.1) is 0 Å². The lowest BCUT2D eigenvalue weighted by atomic mass is 10.2. The van der Waals surface area contributed by atoms with Gasteiger partial charge in [0, 0.05) is 12.5 Å². The van der Waals surface area contributed by atoms with Gasteiger partial charge in [-0.05, 0) is 6.07 Å². The van der Waals surface area contributed by atoms with Crippen molar-refractivity contribution in [3.8, 4) is 5.75 Å². The van der Waals surface area contributed by atoms with Gasteiger partial charge in [-0.25, -0.2) is 0 Å². The molecule has 0 fully saturated rings. The summed E-state index contributed by atoms with van der Waals surface area (Å²) in [6.07, 6.45) is 2.72. The van der Waals surface area contributed by atoms with Gasteiger partial charge < -0.3 is 9.84 Å². The van der Waals surface area contributed by atoms with Crippen LogP contribution < -0.4 is 0 Å². The third-order valence-electron chi connectivity index (χ3n) is 1.41. The molecule has 80 valence electrons. The first-order valence-corrected chi connectivity index (χ1v) is 4.30. The van der Waals surface area contributed by atoms with Crippen molar-refractivity contribution in [1.29, 1.82) is 0 Å². The lowest BCUT2D eigenvalue weighted by molar-refractivity contribution is -0.135. The minimum Gasteiger partial charge on any atom is -0.507 e. The van der Waals surface area contributed by atoms with Crippen LogP contribution in [-0.2, 0) is 9.53 Å². The van der Waals surface area contributed by atoms with Crippen LogP contribution in [0.2, 0.25) is 0 Å². The Morgan fingerprint density at radius 3 is 2.27 bits per heavy atom. The zero-order valence-corrected chi connectivity index (χ0v) is 8.64. The average molecular weight is 206 g/mol. The molecule has 0 atom stereocenters. The minimum atomic E-state index is -0.329. The van der Waals surface area contributed by atoms with Gasteiger partial charge in [0.15, 0.2) is 0 Å². The van der Waals surface area contributed by atoms with Crippen LogP contribution in [0.5, 0.6) is 5.75 Å². The largest absolute Gasteiger partial charge is 0.507 e. The molecule has 0 amide bonds. The topological polar surface area (TPSA) is 46.5 Å². The highest BCUT2D eigenvalue weighted by Gasteiger charge is 1.89. The van der Waals surface area contributed by atoms with Gasteiger partial charge in [0.1, 0.15) is 5.75 Å². The van der Waals surface area contributed by atoms with Crippen molar-refractivity contribution in [3.05, 3.63) is 49.2 Å². The fourth-order valence-electron chi connectivity index (χ4n) is 0.777. The molecule has 0 aromatic heterocycles. The van der Waals surface area contributed by atoms with Gasteiger partial charge >= 0.3 is 5.97 Å². The summed E-state index contributed by atoms with van der Waals surface area (Å²) in [5.74, 6) is -0.0440. The molecule has 1 aromatic rings. The van der Waals surface area contributed by atoms with E-state index in [1.54, 1.807) is 18.2 Å². The molecule has 0 bridgehead atoms. The van der Waals surface area contributed by atoms with Crippen LogP contribution in [0.15, 0.2) is 43.7 Å². The zero-order valence-electron chi connectivity index (χ0n) is 8.64. The fourth-order valence-corrected chi connectivity index (χ4v) is 0.777. The molecule has 0 aliphatic carbocycles. The third-order valence-corrected chi connectivity index (χ3v) is 1.41. The molecular weight excluding hydrogens is 192 g/mol. The second-order valence-electron chi connectivity index (χ2n) is 2.54. The number of hydrogen-bond donors (Lipinski definition) is 1. The number of esters is 1. The maximum Gasteiger partial charge on any atom is 0.307 e. The molecule has 1 aromatic carbocycles. The van der Waals surface area contributed by atoms with Crippen LogP contribution in [0.25, 0.3) is 6.08 Å². The van der Waals surface area contributed by atoms with E-state index in [0.717, 1.165) is 11.8 Å². The number of carbonyl (C=O) groups excluding carboxylic acids is 1. The number of rotatable bonds is 2. The molecule has 1 N–H and O–H groups in total. The number of phenolic OH excluding ortho intramolecular Hbond substituents is 1. The summed E-state index contributed by atoms with van der Waals surface area (Å²) in [6, 6.07) is 7.08. The molecule has 0 aliphatic heterocycles. The van der Waals surface area contributed by atoms with Gasteiger partial charge in [-0.2, -0.15) is 0 Å². The van der Waals surface area contributed by atoms with E-state index in [2.05, 4.69) is 17.9 Å². The number of hydrogen-bond acceptors (Lipinski definition) is 3. The summed E-state index contributed by atoms with van der Waals surface area (Å²) in [6.45, 7) is 8.01. The Labute approximate surface area is 89.3 Å².